The largest absolute Gasteiger partial charge is 0.454 e. The van der Waals surface area contributed by atoms with Crippen LogP contribution in [0.5, 0.6) is 11.5 Å². The van der Waals surface area contributed by atoms with Crippen molar-refractivity contribution in [2.45, 2.75) is 39.7 Å². The molecule has 0 fully saturated rings. The minimum absolute atomic E-state index is 0.259. The second-order valence-corrected chi connectivity index (χ2v) is 7.03. The molecule has 0 aliphatic carbocycles. The zero-order valence-corrected chi connectivity index (χ0v) is 16.0. The highest BCUT2D eigenvalue weighted by molar-refractivity contribution is 5.57. The van der Waals surface area contributed by atoms with Gasteiger partial charge in [-0.1, -0.05) is 25.1 Å². The topological polar surface area (TPSA) is 74.1 Å². The van der Waals surface area contributed by atoms with Crippen LogP contribution in [0.15, 0.2) is 36.4 Å². The van der Waals surface area contributed by atoms with E-state index in [9.17, 15) is 0 Å². The number of tetrazole rings is 1. The Morgan fingerprint density at radius 2 is 1.85 bits per heavy atom. The van der Waals surface area contributed by atoms with Gasteiger partial charge < -0.3 is 14.8 Å². The van der Waals surface area contributed by atoms with Crippen LogP contribution in [0.4, 0.5) is 5.69 Å². The zero-order valence-electron chi connectivity index (χ0n) is 16.0. The van der Waals surface area contributed by atoms with Crippen LogP contribution in [0.25, 0.3) is 5.69 Å². The van der Waals surface area contributed by atoms with Crippen molar-refractivity contribution in [3.63, 3.8) is 0 Å². The molecule has 7 nitrogen and oxygen atoms in total. The van der Waals surface area contributed by atoms with Gasteiger partial charge in [0.2, 0.25) is 6.79 Å². The number of nitrogens with one attached hydrogen (secondary N) is 1. The molecule has 1 N–H and O–H groups in total. The monoisotopic (exact) mass is 365 g/mol. The molecule has 3 aromatic rings. The lowest BCUT2D eigenvalue weighted by atomic mass is 9.96. The number of rotatable bonds is 5. The van der Waals surface area contributed by atoms with Crippen LogP contribution in [0, 0.1) is 13.8 Å². The van der Waals surface area contributed by atoms with E-state index >= 15 is 0 Å². The molecule has 0 unspecified atom stereocenters. The van der Waals surface area contributed by atoms with Crippen molar-refractivity contribution in [1.82, 2.24) is 20.2 Å². The number of hydrogen-bond acceptors (Lipinski definition) is 6. The molecule has 0 spiro atoms. The summed E-state index contributed by atoms with van der Waals surface area (Å²) in [6.45, 7) is 8.62. The van der Waals surface area contributed by atoms with Crippen molar-refractivity contribution >= 4 is 5.69 Å². The molecule has 140 valence electrons. The first kappa shape index (κ1) is 17.3. The SMILES string of the molecule is CC[C@](C)(Nc1ccc2c(c1)OCO2)c1nnnn1-c1c(C)cccc1C. The Labute approximate surface area is 158 Å². The van der Waals surface area contributed by atoms with Crippen molar-refractivity contribution < 1.29 is 9.47 Å². The van der Waals surface area contributed by atoms with E-state index in [1.54, 1.807) is 0 Å². The van der Waals surface area contributed by atoms with Gasteiger partial charge in [-0.25, -0.2) is 0 Å². The van der Waals surface area contributed by atoms with E-state index < -0.39 is 5.54 Å². The second-order valence-electron chi connectivity index (χ2n) is 7.03. The van der Waals surface area contributed by atoms with Crippen LogP contribution in [0.1, 0.15) is 37.2 Å². The van der Waals surface area contributed by atoms with E-state index in [0.717, 1.165) is 46.2 Å². The smallest absolute Gasteiger partial charge is 0.231 e. The van der Waals surface area contributed by atoms with Crippen LogP contribution in [0.2, 0.25) is 0 Å². The summed E-state index contributed by atoms with van der Waals surface area (Å²) in [6.07, 6.45) is 0.798. The molecule has 0 saturated heterocycles. The Balaban J connectivity index is 1.74. The van der Waals surface area contributed by atoms with Crippen LogP contribution in [-0.4, -0.2) is 27.0 Å². The quantitative estimate of drug-likeness (QED) is 0.742. The van der Waals surface area contributed by atoms with Gasteiger partial charge in [0, 0.05) is 11.8 Å². The number of ether oxygens (including phenoxy) is 2. The Bertz CT molecular complexity index is 964. The average Bonchev–Trinajstić information content (AvgIpc) is 3.30. The number of hydrogen-bond donors (Lipinski definition) is 1. The molecule has 0 saturated carbocycles. The van der Waals surface area contributed by atoms with Crippen molar-refractivity contribution in [3.8, 4) is 17.2 Å². The number of benzene rings is 2. The predicted octanol–water partition coefficient (Wildman–Crippen LogP) is 3.75. The molecule has 2 heterocycles. The summed E-state index contributed by atoms with van der Waals surface area (Å²) in [7, 11) is 0. The maximum atomic E-state index is 5.49. The molecule has 0 bridgehead atoms. The van der Waals surface area contributed by atoms with E-state index in [1.165, 1.54) is 0 Å². The highest BCUT2D eigenvalue weighted by atomic mass is 16.7. The van der Waals surface area contributed by atoms with Crippen LogP contribution >= 0.6 is 0 Å². The second kappa shape index (κ2) is 6.57. The summed E-state index contributed by atoms with van der Waals surface area (Å²) in [5, 5.41) is 16.2. The van der Waals surface area contributed by atoms with Gasteiger partial charge in [-0.2, -0.15) is 4.68 Å². The zero-order chi connectivity index (χ0) is 19.0. The van der Waals surface area contributed by atoms with Gasteiger partial charge in [0.1, 0.15) is 0 Å². The molecule has 4 rings (SSSR count). The summed E-state index contributed by atoms with van der Waals surface area (Å²) < 4.78 is 12.7. The van der Waals surface area contributed by atoms with Crippen molar-refractivity contribution in [2.75, 3.05) is 12.1 Å². The number of nitrogens with zero attached hydrogens (tertiary/aromatic N) is 4. The van der Waals surface area contributed by atoms with Crippen molar-refractivity contribution in [2.24, 2.45) is 0 Å². The van der Waals surface area contributed by atoms with Gasteiger partial charge >= 0.3 is 0 Å². The number of para-hydroxylation sites is 1. The number of anilines is 1. The van der Waals surface area contributed by atoms with Gasteiger partial charge in [0.15, 0.2) is 17.3 Å². The number of aromatic nitrogens is 4. The van der Waals surface area contributed by atoms with Gasteiger partial charge in [-0.05, 0) is 60.9 Å². The van der Waals surface area contributed by atoms with Crippen molar-refractivity contribution in [1.29, 1.82) is 0 Å². The minimum Gasteiger partial charge on any atom is -0.454 e. The highest BCUT2D eigenvalue weighted by Crippen LogP contribution is 2.37. The minimum atomic E-state index is -0.466. The van der Waals surface area contributed by atoms with Gasteiger partial charge in [-0.3, -0.25) is 0 Å². The molecule has 1 aliphatic rings. The number of fused-ring (bicyclic) bond motifs is 1. The lowest BCUT2D eigenvalue weighted by Gasteiger charge is -2.30. The fraction of sp³-hybridized carbons (Fsp3) is 0.350. The summed E-state index contributed by atoms with van der Waals surface area (Å²) in [5.41, 5.74) is 3.74. The third kappa shape index (κ3) is 2.99. The first-order valence-electron chi connectivity index (χ1n) is 9.05. The molecule has 0 radical (unpaired) electrons. The van der Waals surface area contributed by atoms with E-state index in [1.807, 2.05) is 28.9 Å². The molecular formula is C20H23N5O2. The Hall–Kier alpha value is -3.09. The van der Waals surface area contributed by atoms with E-state index in [2.05, 4.69) is 60.7 Å². The molecular weight excluding hydrogens is 342 g/mol. The first-order valence-corrected chi connectivity index (χ1v) is 9.05. The Morgan fingerprint density at radius 3 is 2.59 bits per heavy atom. The fourth-order valence-corrected chi connectivity index (χ4v) is 3.42. The maximum absolute atomic E-state index is 5.49. The molecule has 27 heavy (non-hydrogen) atoms. The summed E-state index contributed by atoms with van der Waals surface area (Å²) in [4.78, 5) is 0. The molecule has 7 heteroatoms. The molecule has 1 aliphatic heterocycles. The third-order valence-corrected chi connectivity index (χ3v) is 5.11. The molecule has 1 aromatic heterocycles. The summed E-state index contributed by atoms with van der Waals surface area (Å²) in [6, 6.07) is 12.0. The lowest BCUT2D eigenvalue weighted by molar-refractivity contribution is 0.174. The normalized spacial score (nSPS) is 14.8. The van der Waals surface area contributed by atoms with Gasteiger partial charge in [-0.15, -0.1) is 5.10 Å². The molecule has 0 amide bonds. The van der Waals surface area contributed by atoms with Crippen LogP contribution < -0.4 is 14.8 Å². The summed E-state index contributed by atoms with van der Waals surface area (Å²) >= 11 is 0. The molecule has 1 atom stereocenters. The van der Waals surface area contributed by atoms with E-state index in [-0.39, 0.29) is 6.79 Å². The van der Waals surface area contributed by atoms with Crippen LogP contribution in [0.3, 0.4) is 0 Å². The third-order valence-electron chi connectivity index (χ3n) is 5.11. The van der Waals surface area contributed by atoms with Crippen LogP contribution in [-0.2, 0) is 5.54 Å². The Kier molecular flexibility index (Phi) is 4.22. The van der Waals surface area contributed by atoms with Gasteiger partial charge in [0.05, 0.1) is 11.2 Å². The lowest BCUT2D eigenvalue weighted by Crippen LogP contribution is -2.34. The van der Waals surface area contributed by atoms with E-state index in [4.69, 9.17) is 9.47 Å². The maximum Gasteiger partial charge on any atom is 0.231 e. The fourth-order valence-electron chi connectivity index (χ4n) is 3.42. The number of aryl methyl sites for hydroxylation is 2. The predicted molar refractivity (Wildman–Crippen MR) is 102 cm³/mol. The van der Waals surface area contributed by atoms with E-state index in [0.29, 0.717) is 0 Å². The van der Waals surface area contributed by atoms with Crippen molar-refractivity contribution in [3.05, 3.63) is 53.3 Å². The molecule has 2 aromatic carbocycles. The average molecular weight is 365 g/mol. The first-order chi connectivity index (χ1) is 13.0. The Morgan fingerprint density at radius 1 is 1.11 bits per heavy atom. The van der Waals surface area contributed by atoms with Gasteiger partial charge in [0.25, 0.3) is 0 Å². The summed E-state index contributed by atoms with van der Waals surface area (Å²) in [5.74, 6) is 2.27. The standard InChI is InChI=1S/C20H23N5O2/c1-5-20(4,21-15-9-10-16-17(11-15)27-12-26-16)19-22-23-24-25(19)18-13(2)7-6-8-14(18)3/h6-11,21H,5,12H2,1-4H3/t20-/m0/s1. The highest BCUT2D eigenvalue weighted by Gasteiger charge is 2.32.